The Morgan fingerprint density at radius 2 is 1.88 bits per heavy atom. The lowest BCUT2D eigenvalue weighted by Gasteiger charge is -2.09. The van der Waals surface area contributed by atoms with E-state index in [1.807, 2.05) is 6.92 Å². The number of amides is 1. The Morgan fingerprint density at radius 1 is 1.12 bits per heavy atom. The smallest absolute Gasteiger partial charge is 0.310 e. The van der Waals surface area contributed by atoms with Gasteiger partial charge in [-0.05, 0) is 51.1 Å². The number of aromatic nitrogens is 2. The topological polar surface area (TPSA) is 86.4 Å². The Morgan fingerprint density at radius 3 is 2.59 bits per heavy atom. The van der Waals surface area contributed by atoms with Gasteiger partial charge in [0.25, 0.3) is 5.91 Å². The SMILES string of the molecule is COC(=O)Cc1c(C)nn(Cc2ccc(NC(=O)c3oc4ccc(F)cc4c3C)cc2F)c1C. The number of aryl methyl sites for hydroxylation is 2. The third-order valence-electron chi connectivity index (χ3n) is 5.82. The normalized spacial score (nSPS) is 11.1. The minimum absolute atomic E-state index is 0.0332. The molecule has 0 saturated carbocycles. The summed E-state index contributed by atoms with van der Waals surface area (Å²) >= 11 is 0. The van der Waals surface area contributed by atoms with Gasteiger partial charge in [-0.1, -0.05) is 6.07 Å². The summed E-state index contributed by atoms with van der Waals surface area (Å²) in [6, 6.07) is 8.36. The fourth-order valence-corrected chi connectivity index (χ4v) is 3.87. The lowest BCUT2D eigenvalue weighted by atomic mass is 10.1. The van der Waals surface area contributed by atoms with Crippen molar-refractivity contribution in [2.45, 2.75) is 33.7 Å². The zero-order chi connectivity index (χ0) is 24.6. The molecule has 7 nitrogen and oxygen atoms in total. The first-order valence-corrected chi connectivity index (χ1v) is 10.6. The number of hydrogen-bond acceptors (Lipinski definition) is 5. The number of nitrogens with zero attached hydrogens (tertiary/aromatic N) is 2. The number of hydrogen-bond donors (Lipinski definition) is 1. The second-order valence-corrected chi connectivity index (χ2v) is 8.02. The first-order chi connectivity index (χ1) is 16.2. The predicted octanol–water partition coefficient (Wildman–Crippen LogP) is 4.85. The number of benzene rings is 2. The highest BCUT2D eigenvalue weighted by molar-refractivity contribution is 6.06. The molecule has 176 valence electrons. The quantitative estimate of drug-likeness (QED) is 0.410. The fraction of sp³-hybridized carbons (Fsp3) is 0.240. The Kier molecular flexibility index (Phi) is 6.19. The van der Waals surface area contributed by atoms with Gasteiger partial charge in [-0.15, -0.1) is 0 Å². The number of carbonyl (C=O) groups excluding carboxylic acids is 2. The van der Waals surface area contributed by atoms with Crippen molar-refractivity contribution in [2.24, 2.45) is 0 Å². The van der Waals surface area contributed by atoms with Gasteiger partial charge in [0.1, 0.15) is 17.2 Å². The molecule has 1 amide bonds. The maximum absolute atomic E-state index is 14.9. The maximum Gasteiger partial charge on any atom is 0.310 e. The molecular formula is C25H23F2N3O4. The van der Waals surface area contributed by atoms with Crippen molar-refractivity contribution < 1.29 is 27.5 Å². The van der Waals surface area contributed by atoms with Gasteiger partial charge in [-0.3, -0.25) is 14.3 Å². The van der Waals surface area contributed by atoms with Crippen LogP contribution in [-0.4, -0.2) is 28.8 Å². The minimum Gasteiger partial charge on any atom is -0.469 e. The molecule has 1 N–H and O–H groups in total. The van der Waals surface area contributed by atoms with Gasteiger partial charge in [0, 0.05) is 33.5 Å². The van der Waals surface area contributed by atoms with E-state index in [1.165, 1.54) is 31.4 Å². The van der Waals surface area contributed by atoms with Crippen LogP contribution in [0.1, 0.15) is 38.6 Å². The summed E-state index contributed by atoms with van der Waals surface area (Å²) in [6.45, 7) is 5.41. The van der Waals surface area contributed by atoms with Crippen molar-refractivity contribution in [3.63, 3.8) is 0 Å². The number of halogens is 2. The van der Waals surface area contributed by atoms with Crippen LogP contribution in [0.5, 0.6) is 0 Å². The number of rotatable bonds is 6. The molecule has 0 aliphatic rings. The number of anilines is 1. The van der Waals surface area contributed by atoms with Gasteiger partial charge < -0.3 is 14.5 Å². The Labute approximate surface area is 194 Å². The van der Waals surface area contributed by atoms with Crippen LogP contribution in [0.3, 0.4) is 0 Å². The van der Waals surface area contributed by atoms with E-state index in [-0.39, 0.29) is 30.4 Å². The molecule has 2 heterocycles. The zero-order valence-corrected chi connectivity index (χ0v) is 19.2. The van der Waals surface area contributed by atoms with Crippen LogP contribution >= 0.6 is 0 Å². The fourth-order valence-electron chi connectivity index (χ4n) is 3.87. The van der Waals surface area contributed by atoms with Gasteiger partial charge in [0.15, 0.2) is 5.76 Å². The van der Waals surface area contributed by atoms with Crippen molar-refractivity contribution in [1.82, 2.24) is 9.78 Å². The van der Waals surface area contributed by atoms with Gasteiger partial charge in [0.05, 0.1) is 25.8 Å². The number of esters is 1. The zero-order valence-electron chi connectivity index (χ0n) is 19.2. The summed E-state index contributed by atoms with van der Waals surface area (Å²) in [4.78, 5) is 24.3. The third-order valence-corrected chi connectivity index (χ3v) is 5.82. The highest BCUT2D eigenvalue weighted by Crippen LogP contribution is 2.27. The van der Waals surface area contributed by atoms with Crippen LogP contribution in [-0.2, 0) is 22.5 Å². The monoisotopic (exact) mass is 467 g/mol. The van der Waals surface area contributed by atoms with E-state index in [0.717, 1.165) is 11.3 Å². The maximum atomic E-state index is 14.9. The molecule has 0 unspecified atom stereocenters. The number of ether oxygens (including phenoxy) is 1. The average molecular weight is 467 g/mol. The van der Waals surface area contributed by atoms with Crippen LogP contribution < -0.4 is 5.32 Å². The van der Waals surface area contributed by atoms with Crippen LogP contribution in [0.15, 0.2) is 40.8 Å². The summed E-state index contributed by atoms with van der Waals surface area (Å²) in [5, 5.41) is 7.54. The largest absolute Gasteiger partial charge is 0.469 e. The van der Waals surface area contributed by atoms with Crippen molar-refractivity contribution in [1.29, 1.82) is 0 Å². The molecule has 0 fully saturated rings. The first kappa shape index (κ1) is 23.2. The molecule has 0 bridgehead atoms. The molecule has 4 aromatic rings. The first-order valence-electron chi connectivity index (χ1n) is 10.6. The summed E-state index contributed by atoms with van der Waals surface area (Å²) in [5.74, 6) is -1.86. The highest BCUT2D eigenvalue weighted by atomic mass is 19.1. The van der Waals surface area contributed by atoms with Gasteiger partial charge in [-0.2, -0.15) is 5.10 Å². The van der Waals surface area contributed by atoms with E-state index < -0.39 is 17.5 Å². The predicted molar refractivity (Wildman–Crippen MR) is 122 cm³/mol. The van der Waals surface area contributed by atoms with Crippen LogP contribution in [0.4, 0.5) is 14.5 Å². The summed E-state index contributed by atoms with van der Waals surface area (Å²) in [6.07, 6.45) is 0.0927. The minimum atomic E-state index is -0.563. The number of fused-ring (bicyclic) bond motifs is 1. The molecule has 0 spiro atoms. The second-order valence-electron chi connectivity index (χ2n) is 8.02. The Balaban J connectivity index is 1.52. The van der Waals surface area contributed by atoms with E-state index >= 15 is 0 Å². The Hall–Kier alpha value is -4.01. The van der Waals surface area contributed by atoms with Crippen LogP contribution in [0, 0.1) is 32.4 Å². The lowest BCUT2D eigenvalue weighted by Crippen LogP contribution is -2.13. The van der Waals surface area contributed by atoms with Gasteiger partial charge >= 0.3 is 5.97 Å². The number of carbonyl (C=O) groups is 2. The number of furan rings is 1. The van der Waals surface area contributed by atoms with Crippen LogP contribution in [0.2, 0.25) is 0 Å². The van der Waals surface area contributed by atoms with Crippen molar-refractivity contribution >= 4 is 28.5 Å². The van der Waals surface area contributed by atoms with Gasteiger partial charge in [0.2, 0.25) is 0 Å². The second kappa shape index (κ2) is 9.09. The van der Waals surface area contributed by atoms with E-state index in [2.05, 4.69) is 10.4 Å². The van der Waals surface area contributed by atoms with E-state index in [4.69, 9.17) is 9.15 Å². The van der Waals surface area contributed by atoms with Crippen LogP contribution in [0.25, 0.3) is 11.0 Å². The summed E-state index contributed by atoms with van der Waals surface area (Å²) < 4.78 is 40.3. The Bertz CT molecular complexity index is 1420. The standard InChI is InChI=1S/C25H23F2N3O4/c1-13-19-9-17(26)6-8-22(19)34-24(13)25(32)28-18-7-5-16(21(27)10-18)12-30-15(3)20(14(2)29-30)11-23(31)33-4/h5-10H,11-12H2,1-4H3,(H,28,32). The van der Waals surface area contributed by atoms with E-state index in [0.29, 0.717) is 27.8 Å². The van der Waals surface area contributed by atoms with Crippen molar-refractivity contribution in [2.75, 3.05) is 12.4 Å². The summed E-state index contributed by atoms with van der Waals surface area (Å²) in [7, 11) is 1.32. The molecule has 0 aliphatic heterocycles. The molecule has 0 saturated heterocycles. The molecule has 0 atom stereocenters. The molecule has 0 aliphatic carbocycles. The van der Waals surface area contributed by atoms with E-state index in [9.17, 15) is 18.4 Å². The number of methoxy groups -OCH3 is 1. The third kappa shape index (κ3) is 4.41. The molecule has 4 rings (SSSR count). The molecule has 0 radical (unpaired) electrons. The average Bonchev–Trinajstić information content (AvgIpc) is 3.26. The molecule has 2 aromatic heterocycles. The molecule has 34 heavy (non-hydrogen) atoms. The van der Waals surface area contributed by atoms with Crippen molar-refractivity contribution in [3.05, 3.63) is 81.9 Å². The van der Waals surface area contributed by atoms with E-state index in [1.54, 1.807) is 30.7 Å². The summed E-state index contributed by atoms with van der Waals surface area (Å²) in [5.41, 5.74) is 3.67. The molecule has 2 aromatic carbocycles. The number of nitrogens with one attached hydrogen (secondary N) is 1. The molecular weight excluding hydrogens is 444 g/mol. The lowest BCUT2D eigenvalue weighted by molar-refractivity contribution is -0.139. The van der Waals surface area contributed by atoms with Gasteiger partial charge in [-0.25, -0.2) is 8.78 Å². The highest BCUT2D eigenvalue weighted by Gasteiger charge is 2.20. The molecule has 9 heteroatoms. The van der Waals surface area contributed by atoms with Crippen molar-refractivity contribution in [3.8, 4) is 0 Å².